The summed E-state index contributed by atoms with van der Waals surface area (Å²) in [5, 5.41) is 5.80. The lowest BCUT2D eigenvalue weighted by Gasteiger charge is -2.41. The van der Waals surface area contributed by atoms with Gasteiger partial charge in [-0.2, -0.15) is 0 Å². The number of primary amides is 1. The van der Waals surface area contributed by atoms with Gasteiger partial charge >= 0.3 is 6.03 Å². The van der Waals surface area contributed by atoms with Crippen molar-refractivity contribution in [2.24, 2.45) is 5.73 Å². The third-order valence-electron chi connectivity index (χ3n) is 6.81. The van der Waals surface area contributed by atoms with Crippen LogP contribution in [0.25, 0.3) is 0 Å². The highest BCUT2D eigenvalue weighted by molar-refractivity contribution is 6.03. The van der Waals surface area contributed by atoms with Crippen LogP contribution >= 0.6 is 0 Å². The summed E-state index contributed by atoms with van der Waals surface area (Å²) >= 11 is 0. The summed E-state index contributed by atoms with van der Waals surface area (Å²) in [5.74, 6) is -0.501. The maximum Gasteiger partial charge on any atom is 0.323 e. The Bertz CT molecular complexity index is 1330. The number of benzene rings is 4. The summed E-state index contributed by atoms with van der Waals surface area (Å²) in [6.07, 6.45) is 0. The predicted molar refractivity (Wildman–Crippen MR) is 153 cm³/mol. The molecule has 1 saturated heterocycles. The highest BCUT2D eigenvalue weighted by Crippen LogP contribution is 2.33. The number of nitrogens with one attached hydrogen (secondary N) is 2. The van der Waals surface area contributed by atoms with Crippen molar-refractivity contribution in [2.75, 3.05) is 41.7 Å². The molecule has 38 heavy (non-hydrogen) atoms. The van der Waals surface area contributed by atoms with Crippen molar-refractivity contribution >= 4 is 29.0 Å². The predicted octanol–water partition coefficient (Wildman–Crippen LogP) is 5.34. The number of urea groups is 1. The van der Waals surface area contributed by atoms with Gasteiger partial charge in [-0.1, -0.05) is 78.9 Å². The van der Waals surface area contributed by atoms with Gasteiger partial charge in [-0.25, -0.2) is 4.79 Å². The Morgan fingerprint density at radius 1 is 0.684 bits per heavy atom. The number of para-hydroxylation sites is 1. The van der Waals surface area contributed by atoms with Crippen molar-refractivity contribution in [3.05, 3.63) is 126 Å². The van der Waals surface area contributed by atoms with Crippen LogP contribution in [-0.4, -0.2) is 43.0 Å². The highest BCUT2D eigenvalue weighted by atomic mass is 16.2. The van der Waals surface area contributed by atoms with Crippen molar-refractivity contribution in [3.63, 3.8) is 0 Å². The molecule has 5 rings (SSSR count). The smallest absolute Gasteiger partial charge is 0.323 e. The van der Waals surface area contributed by atoms with Gasteiger partial charge in [0.05, 0.1) is 17.4 Å². The standard InChI is InChI=1S/C31H31N5O2/c32-30(37)25-16-17-27(34-31(38)33-26-14-8-3-9-15-26)28(22-25)35-18-20-36(21-19-35)29(23-10-4-1-5-11-23)24-12-6-2-7-13-24/h1-17,22,29H,18-21H2,(H2,32,37)(H2,33,34,38). The zero-order chi connectivity index (χ0) is 26.3. The van der Waals surface area contributed by atoms with E-state index in [2.05, 4.69) is 69.0 Å². The molecule has 0 saturated carbocycles. The first-order valence-corrected chi connectivity index (χ1v) is 12.7. The molecule has 4 N–H and O–H groups in total. The minimum Gasteiger partial charge on any atom is -0.367 e. The van der Waals surface area contributed by atoms with Crippen LogP contribution in [0.15, 0.2) is 109 Å². The molecule has 0 radical (unpaired) electrons. The van der Waals surface area contributed by atoms with E-state index in [9.17, 15) is 9.59 Å². The molecule has 4 aromatic rings. The third-order valence-corrected chi connectivity index (χ3v) is 6.81. The fourth-order valence-corrected chi connectivity index (χ4v) is 4.96. The molecule has 1 aliphatic heterocycles. The molecule has 1 heterocycles. The van der Waals surface area contributed by atoms with E-state index in [1.54, 1.807) is 18.2 Å². The van der Waals surface area contributed by atoms with Crippen LogP contribution in [0.2, 0.25) is 0 Å². The Hall–Kier alpha value is -4.62. The number of hydrogen-bond acceptors (Lipinski definition) is 4. The zero-order valence-corrected chi connectivity index (χ0v) is 21.1. The van der Waals surface area contributed by atoms with Crippen molar-refractivity contribution in [1.82, 2.24) is 4.90 Å². The third kappa shape index (κ3) is 5.85. The van der Waals surface area contributed by atoms with Crippen LogP contribution < -0.4 is 21.3 Å². The topological polar surface area (TPSA) is 90.7 Å². The highest BCUT2D eigenvalue weighted by Gasteiger charge is 2.27. The average Bonchev–Trinajstić information content (AvgIpc) is 2.95. The van der Waals surface area contributed by atoms with E-state index >= 15 is 0 Å². The van der Waals surface area contributed by atoms with E-state index in [0.717, 1.165) is 31.9 Å². The van der Waals surface area contributed by atoms with E-state index in [1.807, 2.05) is 42.5 Å². The number of carbonyl (C=O) groups is 2. The van der Waals surface area contributed by atoms with Crippen molar-refractivity contribution < 1.29 is 9.59 Å². The van der Waals surface area contributed by atoms with E-state index in [4.69, 9.17) is 5.73 Å². The number of rotatable bonds is 7. The SMILES string of the molecule is NC(=O)c1ccc(NC(=O)Nc2ccccc2)c(N2CCN(C(c3ccccc3)c3ccccc3)CC2)c1. The quantitative estimate of drug-likeness (QED) is 0.316. The first-order valence-electron chi connectivity index (χ1n) is 12.7. The van der Waals surface area contributed by atoms with E-state index in [0.29, 0.717) is 16.9 Å². The number of piperazine rings is 1. The van der Waals surface area contributed by atoms with Crippen molar-refractivity contribution in [1.29, 1.82) is 0 Å². The molecule has 0 aliphatic carbocycles. The van der Waals surface area contributed by atoms with E-state index < -0.39 is 5.91 Å². The second kappa shape index (κ2) is 11.6. The van der Waals surface area contributed by atoms with Gasteiger partial charge in [0.1, 0.15) is 0 Å². The lowest BCUT2D eigenvalue weighted by molar-refractivity contribution is 0.100. The summed E-state index contributed by atoms with van der Waals surface area (Å²) in [6, 6.07) is 35.3. The Morgan fingerprint density at radius 3 is 1.79 bits per heavy atom. The van der Waals surface area contributed by atoms with Gasteiger partial charge in [-0.3, -0.25) is 9.69 Å². The molecule has 1 fully saturated rings. The van der Waals surface area contributed by atoms with Crippen molar-refractivity contribution in [2.45, 2.75) is 6.04 Å². The van der Waals surface area contributed by atoms with Gasteiger partial charge in [-0.05, 0) is 41.5 Å². The summed E-state index contributed by atoms with van der Waals surface area (Å²) in [5.41, 5.74) is 10.6. The molecule has 0 bridgehead atoms. The Labute approximate surface area is 222 Å². The molecule has 0 spiro atoms. The second-order valence-corrected chi connectivity index (χ2v) is 9.29. The lowest BCUT2D eigenvalue weighted by atomic mass is 9.96. The number of hydrogen-bond donors (Lipinski definition) is 3. The molecular formula is C31H31N5O2. The van der Waals surface area contributed by atoms with Gasteiger partial charge in [0, 0.05) is 37.4 Å². The Kier molecular flexibility index (Phi) is 7.66. The average molecular weight is 506 g/mol. The first-order chi connectivity index (χ1) is 18.6. The van der Waals surface area contributed by atoms with Crippen LogP contribution in [0.1, 0.15) is 27.5 Å². The minimum atomic E-state index is -0.501. The normalized spacial score (nSPS) is 13.8. The summed E-state index contributed by atoms with van der Waals surface area (Å²) < 4.78 is 0. The number of anilines is 3. The van der Waals surface area contributed by atoms with Gasteiger partial charge in [0.25, 0.3) is 0 Å². The van der Waals surface area contributed by atoms with E-state index in [-0.39, 0.29) is 12.1 Å². The van der Waals surface area contributed by atoms with Crippen molar-refractivity contribution in [3.8, 4) is 0 Å². The maximum absolute atomic E-state index is 12.8. The van der Waals surface area contributed by atoms with Crippen LogP contribution in [-0.2, 0) is 0 Å². The fourth-order valence-electron chi connectivity index (χ4n) is 4.96. The molecule has 3 amide bonds. The number of nitrogens with two attached hydrogens (primary N) is 1. The van der Waals surface area contributed by atoms with Gasteiger partial charge in [-0.15, -0.1) is 0 Å². The molecule has 7 nitrogen and oxygen atoms in total. The molecular weight excluding hydrogens is 474 g/mol. The Morgan fingerprint density at radius 2 is 1.24 bits per heavy atom. The summed E-state index contributed by atoms with van der Waals surface area (Å²) in [7, 11) is 0. The van der Waals surface area contributed by atoms with Crippen LogP contribution in [0, 0.1) is 0 Å². The molecule has 192 valence electrons. The van der Waals surface area contributed by atoms with Gasteiger partial charge in [0.2, 0.25) is 5.91 Å². The molecule has 4 aromatic carbocycles. The van der Waals surface area contributed by atoms with E-state index in [1.165, 1.54) is 11.1 Å². The molecule has 1 aliphatic rings. The molecule has 0 aromatic heterocycles. The van der Waals surface area contributed by atoms with Crippen LogP contribution in [0.5, 0.6) is 0 Å². The van der Waals surface area contributed by atoms with Crippen LogP contribution in [0.3, 0.4) is 0 Å². The molecule has 7 heteroatoms. The maximum atomic E-state index is 12.8. The summed E-state index contributed by atoms with van der Waals surface area (Å²) in [6.45, 7) is 3.08. The molecule has 0 atom stereocenters. The Balaban J connectivity index is 1.36. The molecule has 0 unspecified atom stereocenters. The lowest BCUT2D eigenvalue weighted by Crippen LogP contribution is -2.48. The second-order valence-electron chi connectivity index (χ2n) is 9.29. The van der Waals surface area contributed by atoms with Gasteiger partial charge in [0.15, 0.2) is 0 Å². The van der Waals surface area contributed by atoms with Crippen LogP contribution in [0.4, 0.5) is 21.9 Å². The monoisotopic (exact) mass is 505 g/mol. The first kappa shape index (κ1) is 25.0. The largest absolute Gasteiger partial charge is 0.367 e. The minimum absolute atomic E-state index is 0.144. The number of nitrogens with zero attached hydrogens (tertiary/aromatic N) is 2. The number of amides is 3. The number of carbonyl (C=O) groups excluding carboxylic acids is 2. The fraction of sp³-hybridized carbons (Fsp3) is 0.161. The van der Waals surface area contributed by atoms with Gasteiger partial charge < -0.3 is 21.3 Å². The zero-order valence-electron chi connectivity index (χ0n) is 21.1. The summed E-state index contributed by atoms with van der Waals surface area (Å²) in [4.78, 5) is 29.4.